The second-order valence-electron chi connectivity index (χ2n) is 6.72. The van der Waals surface area contributed by atoms with Crippen LogP contribution >= 0.6 is 46.4 Å². The zero-order chi connectivity index (χ0) is 22.3. The Labute approximate surface area is 196 Å². The van der Waals surface area contributed by atoms with Crippen LogP contribution in [0.25, 0.3) is 22.5 Å². The molecule has 31 heavy (non-hydrogen) atoms. The van der Waals surface area contributed by atoms with Crippen molar-refractivity contribution in [1.82, 2.24) is 19.6 Å². The normalized spacial score (nSPS) is 11.1. The first-order valence-electron chi connectivity index (χ1n) is 8.89. The number of rotatable bonds is 5. The van der Waals surface area contributed by atoms with E-state index in [9.17, 15) is 10.1 Å². The topological polar surface area (TPSA) is 78.8 Å². The van der Waals surface area contributed by atoms with Crippen molar-refractivity contribution in [1.29, 1.82) is 0 Å². The van der Waals surface area contributed by atoms with Gasteiger partial charge in [-0.15, -0.1) is 0 Å². The Hall–Kier alpha value is -2.58. The summed E-state index contributed by atoms with van der Waals surface area (Å²) in [5, 5.41) is 21.5. The van der Waals surface area contributed by atoms with E-state index in [4.69, 9.17) is 51.5 Å². The van der Waals surface area contributed by atoms with E-state index in [2.05, 4.69) is 5.10 Å². The molecule has 2 heterocycles. The van der Waals surface area contributed by atoms with Crippen molar-refractivity contribution in [2.45, 2.75) is 13.6 Å². The largest absolute Gasteiger partial charge is 0.307 e. The molecular weight excluding hydrogens is 484 g/mol. The minimum atomic E-state index is -0.501. The predicted molar refractivity (Wildman–Crippen MR) is 122 cm³/mol. The summed E-state index contributed by atoms with van der Waals surface area (Å²) in [4.78, 5) is 10.5. The minimum Gasteiger partial charge on any atom is -0.258 e. The van der Waals surface area contributed by atoms with Crippen LogP contribution in [0.1, 0.15) is 5.56 Å². The number of halogens is 4. The molecule has 2 aromatic heterocycles. The van der Waals surface area contributed by atoms with Gasteiger partial charge in [-0.1, -0.05) is 58.5 Å². The van der Waals surface area contributed by atoms with Crippen molar-refractivity contribution in [3.63, 3.8) is 0 Å². The van der Waals surface area contributed by atoms with Crippen molar-refractivity contribution in [3.05, 3.63) is 84.6 Å². The van der Waals surface area contributed by atoms with E-state index >= 15 is 0 Å². The Morgan fingerprint density at radius 2 is 1.58 bits per heavy atom. The molecule has 0 amide bonds. The highest BCUT2D eigenvalue weighted by atomic mass is 35.5. The van der Waals surface area contributed by atoms with Crippen LogP contribution < -0.4 is 0 Å². The first kappa shape index (κ1) is 21.6. The van der Waals surface area contributed by atoms with E-state index in [1.54, 1.807) is 28.9 Å². The number of hydrogen-bond acceptors (Lipinski definition) is 4. The third-order valence-corrected chi connectivity index (χ3v) is 6.16. The molecule has 0 saturated carbocycles. The van der Waals surface area contributed by atoms with Gasteiger partial charge in [0, 0.05) is 16.7 Å². The maximum absolute atomic E-state index is 11.0. The summed E-state index contributed by atoms with van der Waals surface area (Å²) in [5.41, 5.74) is 3.76. The van der Waals surface area contributed by atoms with Crippen molar-refractivity contribution < 1.29 is 4.92 Å². The second kappa shape index (κ2) is 8.51. The van der Waals surface area contributed by atoms with Crippen molar-refractivity contribution in [2.24, 2.45) is 0 Å². The molecule has 0 saturated heterocycles. The van der Waals surface area contributed by atoms with Crippen LogP contribution in [-0.2, 0) is 6.67 Å². The first-order chi connectivity index (χ1) is 14.7. The lowest BCUT2D eigenvalue weighted by Crippen LogP contribution is -2.11. The number of nitro groups is 1. The average Bonchev–Trinajstić information content (AvgIpc) is 3.31. The molecular formula is C20H13Cl4N5O2. The number of aromatic nitrogens is 4. The molecule has 11 heteroatoms. The molecule has 0 spiro atoms. The van der Waals surface area contributed by atoms with E-state index in [0.29, 0.717) is 25.8 Å². The van der Waals surface area contributed by atoms with Crippen molar-refractivity contribution >= 4 is 52.1 Å². The maximum atomic E-state index is 11.0. The molecule has 0 unspecified atom stereocenters. The fourth-order valence-corrected chi connectivity index (χ4v) is 3.84. The quantitative estimate of drug-likeness (QED) is 0.226. The smallest absolute Gasteiger partial charge is 0.258 e. The highest BCUT2D eigenvalue weighted by Gasteiger charge is 2.20. The first-order valence-corrected chi connectivity index (χ1v) is 10.4. The van der Waals surface area contributed by atoms with Gasteiger partial charge in [-0.05, 0) is 31.2 Å². The van der Waals surface area contributed by atoms with E-state index in [0.717, 1.165) is 22.4 Å². The summed E-state index contributed by atoms with van der Waals surface area (Å²) in [6, 6.07) is 10.5. The van der Waals surface area contributed by atoms with Crippen LogP contribution in [0.2, 0.25) is 20.1 Å². The van der Waals surface area contributed by atoms with E-state index in [1.807, 2.05) is 19.1 Å². The van der Waals surface area contributed by atoms with Crippen LogP contribution in [0.3, 0.4) is 0 Å². The molecule has 4 rings (SSSR count). The fourth-order valence-electron chi connectivity index (χ4n) is 3.24. The van der Waals surface area contributed by atoms with E-state index in [1.165, 1.54) is 17.1 Å². The number of hydrogen-bond donors (Lipinski definition) is 0. The minimum absolute atomic E-state index is 0.107. The fraction of sp³-hybridized carbons (Fsp3) is 0.100. The van der Waals surface area contributed by atoms with Gasteiger partial charge < -0.3 is 0 Å². The van der Waals surface area contributed by atoms with Gasteiger partial charge in [0.15, 0.2) is 0 Å². The lowest BCUT2D eigenvalue weighted by molar-refractivity contribution is -0.385. The molecule has 0 fully saturated rings. The van der Waals surface area contributed by atoms with Gasteiger partial charge in [0.2, 0.25) is 0 Å². The maximum Gasteiger partial charge on any atom is 0.307 e. The summed E-state index contributed by atoms with van der Waals surface area (Å²) in [5.74, 6) is 0. The van der Waals surface area contributed by atoms with Crippen molar-refractivity contribution in [2.75, 3.05) is 0 Å². The number of benzene rings is 2. The van der Waals surface area contributed by atoms with Gasteiger partial charge in [-0.25, -0.2) is 9.36 Å². The van der Waals surface area contributed by atoms with Gasteiger partial charge in [0.25, 0.3) is 0 Å². The van der Waals surface area contributed by atoms with Crippen LogP contribution in [-0.4, -0.2) is 24.5 Å². The summed E-state index contributed by atoms with van der Waals surface area (Å²) in [6.07, 6.45) is 2.53. The van der Waals surface area contributed by atoms with Crippen LogP contribution in [0.4, 0.5) is 5.69 Å². The summed E-state index contributed by atoms with van der Waals surface area (Å²) in [7, 11) is 0. The van der Waals surface area contributed by atoms with E-state index < -0.39 is 4.92 Å². The third kappa shape index (κ3) is 4.27. The number of nitrogens with zero attached hydrogens (tertiary/aromatic N) is 5. The SMILES string of the molecule is Cc1c(-c2ccc(Cl)c(Cl)c2)nn(Cn2cc([N+](=O)[O-])cn2)c1-c1ccc(Cl)c(Cl)c1. The highest BCUT2D eigenvalue weighted by molar-refractivity contribution is 6.42. The Kier molecular flexibility index (Phi) is 5.94. The Balaban J connectivity index is 1.87. The molecule has 0 radical (unpaired) electrons. The summed E-state index contributed by atoms with van der Waals surface area (Å²) < 4.78 is 3.13. The van der Waals surface area contributed by atoms with Gasteiger partial charge in [0.05, 0.1) is 36.4 Å². The standard InChI is InChI=1S/C20H13Cl4N5O2/c1-11-19(12-2-4-15(21)17(23)6-12)26-28(10-27-9-14(8-25-27)29(30)31)20(11)13-3-5-16(22)18(24)7-13/h2-9H,10H2,1H3. The molecule has 2 aromatic carbocycles. The van der Waals surface area contributed by atoms with Crippen molar-refractivity contribution in [3.8, 4) is 22.5 Å². The molecule has 158 valence electrons. The third-order valence-electron chi connectivity index (χ3n) is 4.68. The van der Waals surface area contributed by atoms with Gasteiger partial charge in [-0.3, -0.25) is 10.1 Å². The van der Waals surface area contributed by atoms with Crippen LogP contribution in [0.15, 0.2) is 48.8 Å². The van der Waals surface area contributed by atoms with Gasteiger partial charge in [-0.2, -0.15) is 10.2 Å². The lowest BCUT2D eigenvalue weighted by atomic mass is 10.0. The highest BCUT2D eigenvalue weighted by Crippen LogP contribution is 2.36. The average molecular weight is 497 g/mol. The molecule has 0 atom stereocenters. The zero-order valence-corrected chi connectivity index (χ0v) is 18.9. The second-order valence-corrected chi connectivity index (χ2v) is 8.34. The molecule has 4 aromatic rings. The van der Waals surface area contributed by atoms with Crippen LogP contribution in [0.5, 0.6) is 0 Å². The summed E-state index contributed by atoms with van der Waals surface area (Å²) in [6.45, 7) is 2.07. The summed E-state index contributed by atoms with van der Waals surface area (Å²) >= 11 is 24.6. The zero-order valence-electron chi connectivity index (χ0n) is 15.9. The van der Waals surface area contributed by atoms with Gasteiger partial charge >= 0.3 is 5.69 Å². The Bertz CT molecular complexity index is 1320. The molecule has 0 bridgehead atoms. The monoisotopic (exact) mass is 495 g/mol. The molecule has 0 aliphatic carbocycles. The Morgan fingerprint density at radius 1 is 0.968 bits per heavy atom. The van der Waals surface area contributed by atoms with E-state index in [-0.39, 0.29) is 12.4 Å². The molecule has 0 aliphatic heterocycles. The van der Waals surface area contributed by atoms with Gasteiger partial charge in [0.1, 0.15) is 19.1 Å². The predicted octanol–water partition coefficient (Wildman–Crippen LogP) is 6.75. The lowest BCUT2D eigenvalue weighted by Gasteiger charge is -2.09. The molecule has 0 N–H and O–H groups in total. The Morgan fingerprint density at radius 3 is 2.16 bits per heavy atom. The van der Waals surface area contributed by atoms with Crippen LogP contribution in [0, 0.1) is 17.0 Å². The molecule has 7 nitrogen and oxygen atoms in total. The molecule has 0 aliphatic rings.